The van der Waals surface area contributed by atoms with Crippen LogP contribution in [0.15, 0.2) is 15.9 Å². The topological polar surface area (TPSA) is 3.24 Å². The van der Waals surface area contributed by atoms with Gasteiger partial charge in [0.05, 0.1) is 0 Å². The molecular weight excluding hydrogens is 270 g/mol. The maximum Gasteiger partial charge on any atom is 0.0328 e. The van der Waals surface area contributed by atoms with Gasteiger partial charge in [0, 0.05) is 34.4 Å². The molecule has 0 N–H and O–H groups in total. The molecule has 1 saturated heterocycles. The van der Waals surface area contributed by atoms with Gasteiger partial charge in [0.25, 0.3) is 0 Å². The Morgan fingerprint density at radius 3 is 2.60 bits per heavy atom. The summed E-state index contributed by atoms with van der Waals surface area (Å²) in [6.45, 7) is 8.39. The molecule has 1 nitrogen and oxygen atoms in total. The number of thiophene rings is 1. The van der Waals surface area contributed by atoms with Crippen molar-refractivity contribution in [3.8, 4) is 0 Å². The highest BCUT2D eigenvalue weighted by Crippen LogP contribution is 2.25. The monoisotopic (exact) mass is 287 g/mol. The van der Waals surface area contributed by atoms with Crippen LogP contribution in [-0.2, 0) is 6.54 Å². The van der Waals surface area contributed by atoms with Crippen LogP contribution in [0.4, 0.5) is 0 Å². The van der Waals surface area contributed by atoms with Crippen LogP contribution in [0.1, 0.15) is 25.1 Å². The van der Waals surface area contributed by atoms with Crippen LogP contribution in [0.25, 0.3) is 0 Å². The number of hydrogen-bond donors (Lipinski definition) is 0. The van der Waals surface area contributed by atoms with E-state index < -0.39 is 0 Å². The minimum Gasteiger partial charge on any atom is -0.298 e. The average molecular weight is 288 g/mol. The van der Waals surface area contributed by atoms with Crippen LogP contribution in [0.3, 0.4) is 0 Å². The normalized spacial score (nSPS) is 28.2. The number of nitrogens with zero attached hydrogens (tertiary/aromatic N) is 1. The molecule has 15 heavy (non-hydrogen) atoms. The fraction of sp³-hybridized carbons (Fsp3) is 0.667. The van der Waals surface area contributed by atoms with Crippen molar-refractivity contribution in [1.29, 1.82) is 0 Å². The molecule has 0 saturated carbocycles. The largest absolute Gasteiger partial charge is 0.298 e. The predicted molar refractivity (Wildman–Crippen MR) is 70.2 cm³/mol. The molecule has 2 unspecified atom stereocenters. The molecular formula is C12H18BrNS. The summed E-state index contributed by atoms with van der Waals surface area (Å²) in [5, 5.41) is 2.17. The van der Waals surface area contributed by atoms with Crippen LogP contribution in [-0.4, -0.2) is 18.0 Å². The lowest BCUT2D eigenvalue weighted by molar-refractivity contribution is 0.135. The summed E-state index contributed by atoms with van der Waals surface area (Å²) in [6, 6.07) is 2.24. The molecule has 84 valence electrons. The second-order valence-corrected chi connectivity index (χ2v) is 6.78. The van der Waals surface area contributed by atoms with Crippen LogP contribution in [0.5, 0.6) is 0 Å². The quantitative estimate of drug-likeness (QED) is 0.795. The Hall–Kier alpha value is 0.140. The summed E-state index contributed by atoms with van der Waals surface area (Å²) >= 11 is 5.37. The van der Waals surface area contributed by atoms with Gasteiger partial charge in [0.15, 0.2) is 0 Å². The Morgan fingerprint density at radius 2 is 2.07 bits per heavy atom. The zero-order chi connectivity index (χ0) is 10.8. The van der Waals surface area contributed by atoms with Gasteiger partial charge in [-0.25, -0.2) is 0 Å². The van der Waals surface area contributed by atoms with E-state index in [0.29, 0.717) is 0 Å². The Kier molecular flexibility index (Phi) is 3.86. The van der Waals surface area contributed by atoms with Gasteiger partial charge in [0.1, 0.15) is 0 Å². The molecule has 0 radical (unpaired) electrons. The molecule has 1 aliphatic heterocycles. The highest BCUT2D eigenvalue weighted by atomic mass is 79.9. The molecule has 1 aromatic heterocycles. The van der Waals surface area contributed by atoms with Crippen molar-refractivity contribution in [2.24, 2.45) is 11.8 Å². The van der Waals surface area contributed by atoms with Gasteiger partial charge in [0.2, 0.25) is 0 Å². The smallest absolute Gasteiger partial charge is 0.0328 e. The Balaban J connectivity index is 1.94. The second-order valence-electron chi connectivity index (χ2n) is 4.87. The molecule has 0 aromatic carbocycles. The van der Waals surface area contributed by atoms with E-state index in [0.717, 1.165) is 18.4 Å². The second kappa shape index (κ2) is 4.98. The van der Waals surface area contributed by atoms with Gasteiger partial charge in [-0.2, -0.15) is 0 Å². The molecule has 0 aliphatic carbocycles. The first-order valence-electron chi connectivity index (χ1n) is 5.58. The van der Waals surface area contributed by atoms with Crippen molar-refractivity contribution in [2.45, 2.75) is 26.8 Å². The average Bonchev–Trinajstić information content (AvgIpc) is 2.49. The molecule has 2 heterocycles. The van der Waals surface area contributed by atoms with Crippen molar-refractivity contribution >= 4 is 27.3 Å². The summed E-state index contributed by atoms with van der Waals surface area (Å²) in [7, 11) is 0. The molecule has 1 fully saturated rings. The van der Waals surface area contributed by atoms with E-state index in [1.54, 1.807) is 0 Å². The van der Waals surface area contributed by atoms with E-state index in [1.165, 1.54) is 28.9 Å². The molecule has 0 bridgehead atoms. The van der Waals surface area contributed by atoms with Crippen molar-refractivity contribution in [3.63, 3.8) is 0 Å². The predicted octanol–water partition coefficient (Wildman–Crippen LogP) is 3.99. The first-order valence-corrected chi connectivity index (χ1v) is 7.26. The van der Waals surface area contributed by atoms with Crippen molar-refractivity contribution in [3.05, 3.63) is 20.8 Å². The van der Waals surface area contributed by atoms with Gasteiger partial charge in [-0.05, 0) is 40.3 Å². The lowest BCUT2D eigenvalue weighted by atomic mass is 9.92. The number of likely N-dealkylation sites (tertiary alicyclic amines) is 1. The molecule has 1 aliphatic rings. The number of rotatable bonds is 2. The van der Waals surface area contributed by atoms with E-state index in [4.69, 9.17) is 0 Å². The highest BCUT2D eigenvalue weighted by Gasteiger charge is 2.21. The van der Waals surface area contributed by atoms with Crippen LogP contribution >= 0.6 is 27.3 Å². The lowest BCUT2D eigenvalue weighted by Gasteiger charge is -2.34. The molecule has 3 heteroatoms. The number of piperidine rings is 1. The third-order valence-corrected chi connectivity index (χ3v) is 4.63. The third kappa shape index (κ3) is 3.30. The van der Waals surface area contributed by atoms with Crippen LogP contribution in [0.2, 0.25) is 0 Å². The number of halogens is 1. The summed E-state index contributed by atoms with van der Waals surface area (Å²) in [6.07, 6.45) is 1.39. The van der Waals surface area contributed by atoms with Gasteiger partial charge in [-0.3, -0.25) is 4.90 Å². The minimum absolute atomic E-state index is 0.858. The summed E-state index contributed by atoms with van der Waals surface area (Å²) in [5.41, 5.74) is 0. The van der Waals surface area contributed by atoms with Gasteiger partial charge in [-0.1, -0.05) is 13.8 Å². The fourth-order valence-electron chi connectivity index (χ4n) is 2.58. The molecule has 0 spiro atoms. The van der Waals surface area contributed by atoms with Crippen molar-refractivity contribution in [1.82, 2.24) is 4.90 Å². The molecule has 2 rings (SSSR count). The van der Waals surface area contributed by atoms with E-state index in [2.05, 4.69) is 46.1 Å². The van der Waals surface area contributed by atoms with E-state index in [-0.39, 0.29) is 0 Å². The minimum atomic E-state index is 0.858. The number of hydrogen-bond acceptors (Lipinski definition) is 2. The highest BCUT2D eigenvalue weighted by molar-refractivity contribution is 9.10. The Bertz CT molecular complexity index is 313. The van der Waals surface area contributed by atoms with Gasteiger partial charge >= 0.3 is 0 Å². The van der Waals surface area contributed by atoms with Gasteiger partial charge in [-0.15, -0.1) is 11.3 Å². The van der Waals surface area contributed by atoms with E-state index >= 15 is 0 Å². The van der Waals surface area contributed by atoms with E-state index in [1.807, 2.05) is 11.3 Å². The van der Waals surface area contributed by atoms with Crippen molar-refractivity contribution < 1.29 is 0 Å². The summed E-state index contributed by atoms with van der Waals surface area (Å²) < 4.78 is 1.22. The maximum absolute atomic E-state index is 3.51. The third-order valence-electron chi connectivity index (χ3n) is 2.95. The molecule has 2 atom stereocenters. The Morgan fingerprint density at radius 1 is 1.40 bits per heavy atom. The van der Waals surface area contributed by atoms with Crippen LogP contribution < -0.4 is 0 Å². The first-order chi connectivity index (χ1) is 7.13. The summed E-state index contributed by atoms with van der Waals surface area (Å²) in [4.78, 5) is 4.07. The maximum atomic E-state index is 3.51. The zero-order valence-corrected chi connectivity index (χ0v) is 11.8. The molecule has 0 amide bonds. The lowest BCUT2D eigenvalue weighted by Crippen LogP contribution is -2.37. The van der Waals surface area contributed by atoms with Crippen LogP contribution in [0, 0.1) is 11.8 Å². The SMILES string of the molecule is CC1CC(C)CN(Cc2cc(Br)cs2)C1. The van der Waals surface area contributed by atoms with E-state index in [9.17, 15) is 0 Å². The fourth-order valence-corrected chi connectivity index (χ4v) is 4.07. The standard InChI is InChI=1S/C12H18BrNS/c1-9-3-10(2)6-14(5-9)7-12-4-11(13)8-15-12/h4,8-10H,3,5-7H2,1-2H3. The Labute approximate surface area is 105 Å². The zero-order valence-electron chi connectivity index (χ0n) is 9.37. The summed E-state index contributed by atoms with van der Waals surface area (Å²) in [5.74, 6) is 1.72. The van der Waals surface area contributed by atoms with Crippen molar-refractivity contribution in [2.75, 3.05) is 13.1 Å². The van der Waals surface area contributed by atoms with Gasteiger partial charge < -0.3 is 0 Å². The first kappa shape index (κ1) is 11.6. The molecule has 1 aromatic rings.